The van der Waals surface area contributed by atoms with Crippen molar-refractivity contribution in [3.05, 3.63) is 28.8 Å². The van der Waals surface area contributed by atoms with Gasteiger partial charge in [0.2, 0.25) is 0 Å². The van der Waals surface area contributed by atoms with E-state index in [0.717, 1.165) is 38.2 Å². The molecule has 1 aromatic carbocycles. The van der Waals surface area contributed by atoms with Crippen molar-refractivity contribution in [3.63, 3.8) is 0 Å². The van der Waals surface area contributed by atoms with Crippen LogP contribution in [0.4, 0.5) is 8.78 Å². The summed E-state index contributed by atoms with van der Waals surface area (Å²) < 4.78 is 33.4. The summed E-state index contributed by atoms with van der Waals surface area (Å²) in [6, 6.07) is 0.968. The van der Waals surface area contributed by atoms with Gasteiger partial charge in [-0.15, -0.1) is 0 Å². The molecule has 0 amide bonds. The number of hydrogen-bond donors (Lipinski definition) is 1. The fourth-order valence-corrected chi connectivity index (χ4v) is 3.17. The molecule has 0 bridgehead atoms. The van der Waals surface area contributed by atoms with Crippen LogP contribution in [0.25, 0.3) is 0 Å². The van der Waals surface area contributed by atoms with Gasteiger partial charge in [-0.2, -0.15) is 0 Å². The molecule has 18 heavy (non-hydrogen) atoms. The molecule has 0 aromatic heterocycles. The van der Waals surface area contributed by atoms with Gasteiger partial charge in [0.15, 0.2) is 0 Å². The largest absolute Gasteiger partial charge is 0.493 e. The minimum absolute atomic E-state index is 0.378. The van der Waals surface area contributed by atoms with Gasteiger partial charge < -0.3 is 10.5 Å². The van der Waals surface area contributed by atoms with Gasteiger partial charge in [0.1, 0.15) is 17.4 Å². The highest BCUT2D eigenvalue weighted by Crippen LogP contribution is 2.45. The summed E-state index contributed by atoms with van der Waals surface area (Å²) in [7, 11) is 0. The summed E-state index contributed by atoms with van der Waals surface area (Å²) in [4.78, 5) is 0. The van der Waals surface area contributed by atoms with E-state index in [1.165, 1.54) is 0 Å². The Balaban J connectivity index is 2.19. The summed E-state index contributed by atoms with van der Waals surface area (Å²) >= 11 is 0. The average molecular weight is 253 g/mol. The number of nitrogens with two attached hydrogens (primary N) is 1. The minimum atomic E-state index is -0.681. The normalized spacial score (nSPS) is 21.5. The SMILES string of the molecule is NC1(c2c(F)cc(F)c3c2OCCC3)CCCC1. The highest BCUT2D eigenvalue weighted by atomic mass is 19.1. The van der Waals surface area contributed by atoms with E-state index in [1.54, 1.807) is 0 Å². The second kappa shape index (κ2) is 4.19. The van der Waals surface area contributed by atoms with Gasteiger partial charge in [0, 0.05) is 17.2 Å². The zero-order valence-electron chi connectivity index (χ0n) is 10.3. The van der Waals surface area contributed by atoms with E-state index in [4.69, 9.17) is 10.5 Å². The molecule has 0 spiro atoms. The summed E-state index contributed by atoms with van der Waals surface area (Å²) in [5.74, 6) is -0.687. The molecule has 1 aliphatic heterocycles. The first kappa shape index (κ1) is 11.9. The lowest BCUT2D eigenvalue weighted by Crippen LogP contribution is -2.35. The van der Waals surface area contributed by atoms with Crippen molar-refractivity contribution in [2.45, 2.75) is 44.1 Å². The predicted octanol–water partition coefficient (Wildman–Crippen LogP) is 3.02. The van der Waals surface area contributed by atoms with Crippen LogP contribution in [0.2, 0.25) is 0 Å². The maximum Gasteiger partial charge on any atom is 0.134 e. The fraction of sp³-hybridized carbons (Fsp3) is 0.571. The van der Waals surface area contributed by atoms with E-state index in [2.05, 4.69) is 0 Å². The molecular weight excluding hydrogens is 236 g/mol. The Morgan fingerprint density at radius 1 is 1.11 bits per heavy atom. The van der Waals surface area contributed by atoms with E-state index in [9.17, 15) is 8.78 Å². The van der Waals surface area contributed by atoms with Crippen LogP contribution in [0, 0.1) is 11.6 Å². The molecule has 98 valence electrons. The molecule has 1 aromatic rings. The molecule has 2 aliphatic rings. The van der Waals surface area contributed by atoms with Gasteiger partial charge in [0.25, 0.3) is 0 Å². The first-order chi connectivity index (χ1) is 8.62. The molecule has 2 nitrogen and oxygen atoms in total. The summed E-state index contributed by atoms with van der Waals surface area (Å²) in [5.41, 5.74) is 6.53. The molecule has 0 radical (unpaired) electrons. The van der Waals surface area contributed by atoms with E-state index in [0.29, 0.717) is 29.9 Å². The van der Waals surface area contributed by atoms with Crippen LogP contribution < -0.4 is 10.5 Å². The van der Waals surface area contributed by atoms with E-state index < -0.39 is 17.2 Å². The van der Waals surface area contributed by atoms with Crippen molar-refractivity contribution in [2.75, 3.05) is 6.61 Å². The Hall–Kier alpha value is -1.16. The van der Waals surface area contributed by atoms with Crippen LogP contribution in [0.15, 0.2) is 6.07 Å². The Labute approximate surface area is 105 Å². The Kier molecular flexibility index (Phi) is 2.77. The van der Waals surface area contributed by atoms with Crippen LogP contribution in [0.3, 0.4) is 0 Å². The summed E-state index contributed by atoms with van der Waals surface area (Å²) in [6.07, 6.45) is 4.83. The lowest BCUT2D eigenvalue weighted by atomic mass is 9.85. The van der Waals surface area contributed by atoms with Crippen LogP contribution in [-0.2, 0) is 12.0 Å². The molecule has 0 atom stereocenters. The van der Waals surface area contributed by atoms with E-state index in [-0.39, 0.29) is 0 Å². The molecule has 1 saturated carbocycles. The zero-order valence-corrected chi connectivity index (χ0v) is 10.3. The second-order valence-corrected chi connectivity index (χ2v) is 5.34. The Bertz CT molecular complexity index is 481. The van der Waals surface area contributed by atoms with Gasteiger partial charge in [-0.1, -0.05) is 12.8 Å². The number of benzene rings is 1. The van der Waals surface area contributed by atoms with Crippen LogP contribution in [0.1, 0.15) is 43.2 Å². The average Bonchev–Trinajstić information content (AvgIpc) is 2.77. The summed E-state index contributed by atoms with van der Waals surface area (Å²) in [6.45, 7) is 0.513. The first-order valence-corrected chi connectivity index (χ1v) is 6.55. The lowest BCUT2D eigenvalue weighted by Gasteiger charge is -2.30. The first-order valence-electron chi connectivity index (χ1n) is 6.55. The number of hydrogen-bond acceptors (Lipinski definition) is 2. The maximum atomic E-state index is 14.1. The van der Waals surface area contributed by atoms with Crippen molar-refractivity contribution in [2.24, 2.45) is 5.73 Å². The standard InChI is InChI=1S/C14H17F2NO/c15-10-8-11(16)12(14(17)5-1-2-6-14)13-9(10)4-3-7-18-13/h8H,1-7,17H2. The quantitative estimate of drug-likeness (QED) is 0.835. The van der Waals surface area contributed by atoms with E-state index >= 15 is 0 Å². The van der Waals surface area contributed by atoms with Crippen LogP contribution >= 0.6 is 0 Å². The number of halogens is 2. The van der Waals surface area contributed by atoms with Crippen LogP contribution in [0.5, 0.6) is 5.75 Å². The smallest absolute Gasteiger partial charge is 0.134 e. The highest BCUT2D eigenvalue weighted by molar-refractivity contribution is 5.48. The number of rotatable bonds is 1. The maximum absolute atomic E-state index is 14.1. The minimum Gasteiger partial charge on any atom is -0.493 e. The van der Waals surface area contributed by atoms with Crippen LogP contribution in [-0.4, -0.2) is 6.61 Å². The highest BCUT2D eigenvalue weighted by Gasteiger charge is 2.38. The molecule has 3 rings (SSSR count). The van der Waals surface area contributed by atoms with Gasteiger partial charge in [0.05, 0.1) is 12.2 Å². The van der Waals surface area contributed by atoms with Crippen molar-refractivity contribution in [3.8, 4) is 5.75 Å². The van der Waals surface area contributed by atoms with Gasteiger partial charge in [-0.3, -0.25) is 0 Å². The van der Waals surface area contributed by atoms with Crippen molar-refractivity contribution >= 4 is 0 Å². The molecular formula is C14H17F2NO. The van der Waals surface area contributed by atoms with Gasteiger partial charge in [-0.25, -0.2) is 8.78 Å². The van der Waals surface area contributed by atoms with Gasteiger partial charge in [-0.05, 0) is 25.7 Å². The number of fused-ring (bicyclic) bond motifs is 1. The Morgan fingerprint density at radius 3 is 2.56 bits per heavy atom. The fourth-order valence-electron chi connectivity index (χ4n) is 3.17. The molecule has 1 heterocycles. The molecule has 2 N–H and O–H groups in total. The monoisotopic (exact) mass is 253 g/mol. The molecule has 0 saturated heterocycles. The second-order valence-electron chi connectivity index (χ2n) is 5.34. The molecule has 4 heteroatoms. The molecule has 1 fully saturated rings. The third kappa shape index (κ3) is 1.70. The predicted molar refractivity (Wildman–Crippen MR) is 64.5 cm³/mol. The van der Waals surface area contributed by atoms with Crippen molar-refractivity contribution in [1.29, 1.82) is 0 Å². The summed E-state index contributed by atoms with van der Waals surface area (Å²) in [5, 5.41) is 0. The lowest BCUT2D eigenvalue weighted by molar-refractivity contribution is 0.267. The topological polar surface area (TPSA) is 35.2 Å². The van der Waals surface area contributed by atoms with Crippen molar-refractivity contribution < 1.29 is 13.5 Å². The van der Waals surface area contributed by atoms with Crippen molar-refractivity contribution in [1.82, 2.24) is 0 Å². The molecule has 0 unspecified atom stereocenters. The third-order valence-corrected chi connectivity index (χ3v) is 4.09. The third-order valence-electron chi connectivity index (χ3n) is 4.09. The number of ether oxygens (including phenoxy) is 1. The zero-order chi connectivity index (χ0) is 12.8. The Morgan fingerprint density at radius 2 is 1.83 bits per heavy atom. The van der Waals surface area contributed by atoms with E-state index in [1.807, 2.05) is 0 Å². The molecule has 1 aliphatic carbocycles. The van der Waals surface area contributed by atoms with Gasteiger partial charge >= 0.3 is 0 Å².